The van der Waals surface area contributed by atoms with Gasteiger partial charge in [0, 0.05) is 17.0 Å². The summed E-state index contributed by atoms with van der Waals surface area (Å²) in [5.74, 6) is -0.859. The lowest BCUT2D eigenvalue weighted by atomic mass is 9.93. The zero-order valence-corrected chi connectivity index (χ0v) is 17.6. The van der Waals surface area contributed by atoms with Gasteiger partial charge in [-0.1, -0.05) is 41.9 Å². The highest BCUT2D eigenvalue weighted by Crippen LogP contribution is 2.38. The van der Waals surface area contributed by atoms with Crippen molar-refractivity contribution in [3.63, 3.8) is 0 Å². The van der Waals surface area contributed by atoms with Gasteiger partial charge >= 0.3 is 6.09 Å². The number of benzene rings is 2. The fraction of sp³-hybridized carbons (Fsp3) is 0.364. The molecule has 2 amide bonds. The third-order valence-electron chi connectivity index (χ3n) is 4.70. The molecule has 2 atom stereocenters. The Labute approximate surface area is 174 Å². The number of carbonyl (C=O) groups excluding carboxylic acids is 2. The largest absolute Gasteiger partial charge is 0.444 e. The summed E-state index contributed by atoms with van der Waals surface area (Å²) in [4.78, 5) is 27.1. The van der Waals surface area contributed by atoms with Crippen LogP contribution in [0.4, 0.5) is 14.9 Å². The molecule has 3 rings (SSSR count). The van der Waals surface area contributed by atoms with Gasteiger partial charge in [0.2, 0.25) is 0 Å². The highest BCUT2D eigenvalue weighted by molar-refractivity contribution is 6.31. The van der Waals surface area contributed by atoms with E-state index < -0.39 is 23.6 Å². The molecule has 29 heavy (non-hydrogen) atoms. The van der Waals surface area contributed by atoms with Gasteiger partial charge < -0.3 is 15.0 Å². The fourth-order valence-corrected chi connectivity index (χ4v) is 3.63. The molecule has 154 valence electrons. The lowest BCUT2D eigenvalue weighted by Gasteiger charge is -2.38. The maximum atomic E-state index is 14.7. The van der Waals surface area contributed by atoms with Gasteiger partial charge in [-0.3, -0.25) is 4.79 Å². The van der Waals surface area contributed by atoms with E-state index in [-0.39, 0.29) is 23.4 Å². The molecule has 0 saturated carbocycles. The van der Waals surface area contributed by atoms with Crippen molar-refractivity contribution in [3.05, 3.63) is 64.4 Å². The van der Waals surface area contributed by atoms with E-state index in [2.05, 4.69) is 5.32 Å². The predicted molar refractivity (Wildman–Crippen MR) is 111 cm³/mol. The Kier molecular flexibility index (Phi) is 5.85. The van der Waals surface area contributed by atoms with Crippen molar-refractivity contribution in [3.8, 4) is 0 Å². The fourth-order valence-electron chi connectivity index (χ4n) is 3.43. The van der Waals surface area contributed by atoms with Crippen molar-refractivity contribution in [2.75, 3.05) is 4.90 Å². The Bertz CT molecular complexity index is 928. The smallest absolute Gasteiger partial charge is 0.408 e. The van der Waals surface area contributed by atoms with Crippen LogP contribution in [-0.2, 0) is 16.0 Å². The molecule has 0 aromatic heterocycles. The molecule has 0 fully saturated rings. The Morgan fingerprint density at radius 3 is 2.55 bits per heavy atom. The van der Waals surface area contributed by atoms with Crippen LogP contribution in [0.3, 0.4) is 0 Å². The number of ether oxygens (including phenoxy) is 1. The van der Waals surface area contributed by atoms with E-state index in [1.165, 1.54) is 11.0 Å². The van der Waals surface area contributed by atoms with E-state index in [0.29, 0.717) is 11.3 Å². The van der Waals surface area contributed by atoms with E-state index in [1.807, 2.05) is 37.3 Å². The number of halogens is 2. The molecule has 1 heterocycles. The van der Waals surface area contributed by atoms with Gasteiger partial charge in [0.1, 0.15) is 17.5 Å². The Balaban J connectivity index is 2.00. The Hall–Kier alpha value is -2.60. The zero-order valence-electron chi connectivity index (χ0n) is 16.8. The van der Waals surface area contributed by atoms with Crippen molar-refractivity contribution in [1.82, 2.24) is 5.32 Å². The molecule has 0 spiro atoms. The SMILES string of the molecule is C[C@@H](c1ccccc1)N1C(=O)[C@H](NC(=O)OC(C)(C)C)Cc2c(F)cc(Cl)cc21. The van der Waals surface area contributed by atoms with Gasteiger partial charge in [0.25, 0.3) is 5.91 Å². The maximum absolute atomic E-state index is 14.7. The molecule has 0 unspecified atom stereocenters. The van der Waals surface area contributed by atoms with Crippen molar-refractivity contribution >= 4 is 29.3 Å². The summed E-state index contributed by atoms with van der Waals surface area (Å²) in [6.45, 7) is 7.05. The van der Waals surface area contributed by atoms with Gasteiger partial charge in [-0.2, -0.15) is 0 Å². The summed E-state index contributed by atoms with van der Waals surface area (Å²) in [5, 5.41) is 2.80. The zero-order chi connectivity index (χ0) is 21.3. The van der Waals surface area contributed by atoms with Crippen LogP contribution >= 0.6 is 11.6 Å². The number of carbonyl (C=O) groups is 2. The highest BCUT2D eigenvalue weighted by Gasteiger charge is 2.39. The minimum Gasteiger partial charge on any atom is -0.444 e. The Morgan fingerprint density at radius 1 is 1.28 bits per heavy atom. The number of nitrogens with one attached hydrogen (secondary N) is 1. The summed E-state index contributed by atoms with van der Waals surface area (Å²) >= 11 is 6.07. The summed E-state index contributed by atoms with van der Waals surface area (Å²) in [6, 6.07) is 10.9. The molecular formula is C22H24ClFN2O3. The number of nitrogens with zero attached hydrogens (tertiary/aromatic N) is 1. The molecule has 0 bridgehead atoms. The van der Waals surface area contributed by atoms with Gasteiger partial charge in [0.15, 0.2) is 0 Å². The second kappa shape index (κ2) is 8.03. The minimum atomic E-state index is -0.945. The molecule has 1 aliphatic rings. The number of alkyl carbamates (subject to hydrolysis) is 1. The van der Waals surface area contributed by atoms with E-state index >= 15 is 0 Å². The first kappa shape index (κ1) is 21.1. The van der Waals surface area contributed by atoms with Gasteiger partial charge in [-0.05, 0) is 45.4 Å². The van der Waals surface area contributed by atoms with Crippen LogP contribution < -0.4 is 10.2 Å². The molecule has 5 nitrogen and oxygen atoms in total. The lowest BCUT2D eigenvalue weighted by Crippen LogP contribution is -2.54. The summed E-state index contributed by atoms with van der Waals surface area (Å²) < 4.78 is 20.0. The number of fused-ring (bicyclic) bond motifs is 1. The molecular weight excluding hydrogens is 395 g/mol. The van der Waals surface area contributed by atoms with Crippen LogP contribution in [0.15, 0.2) is 42.5 Å². The quantitative estimate of drug-likeness (QED) is 0.761. The topological polar surface area (TPSA) is 58.6 Å². The van der Waals surface area contributed by atoms with E-state index in [1.54, 1.807) is 26.8 Å². The number of anilines is 1. The molecule has 0 saturated heterocycles. The first-order valence-electron chi connectivity index (χ1n) is 9.42. The van der Waals surface area contributed by atoms with Gasteiger partial charge in [0.05, 0.1) is 11.7 Å². The van der Waals surface area contributed by atoms with Crippen LogP contribution in [0.5, 0.6) is 0 Å². The maximum Gasteiger partial charge on any atom is 0.408 e. The van der Waals surface area contributed by atoms with Crippen LogP contribution in [0.1, 0.15) is 44.9 Å². The highest BCUT2D eigenvalue weighted by atomic mass is 35.5. The van der Waals surface area contributed by atoms with Crippen LogP contribution in [0.2, 0.25) is 5.02 Å². The van der Waals surface area contributed by atoms with Crippen molar-refractivity contribution < 1.29 is 18.7 Å². The molecule has 1 N–H and O–H groups in total. The monoisotopic (exact) mass is 418 g/mol. The average molecular weight is 419 g/mol. The first-order chi connectivity index (χ1) is 13.6. The normalized spacial score (nSPS) is 17.5. The van der Waals surface area contributed by atoms with E-state index in [4.69, 9.17) is 16.3 Å². The van der Waals surface area contributed by atoms with E-state index in [0.717, 1.165) is 5.56 Å². The van der Waals surface area contributed by atoms with Crippen LogP contribution in [0.25, 0.3) is 0 Å². The van der Waals surface area contributed by atoms with Crippen LogP contribution in [0, 0.1) is 5.82 Å². The third kappa shape index (κ3) is 4.70. The molecule has 0 radical (unpaired) electrons. The number of hydrogen-bond acceptors (Lipinski definition) is 3. The molecule has 0 aliphatic carbocycles. The van der Waals surface area contributed by atoms with Crippen molar-refractivity contribution in [2.24, 2.45) is 0 Å². The second-order valence-corrected chi connectivity index (χ2v) is 8.52. The number of rotatable bonds is 3. The molecule has 1 aliphatic heterocycles. The number of hydrogen-bond donors (Lipinski definition) is 1. The first-order valence-corrected chi connectivity index (χ1v) is 9.80. The average Bonchev–Trinajstić information content (AvgIpc) is 2.62. The van der Waals surface area contributed by atoms with Crippen molar-refractivity contribution in [2.45, 2.75) is 51.8 Å². The van der Waals surface area contributed by atoms with Gasteiger partial charge in [-0.25, -0.2) is 9.18 Å². The number of amides is 2. The molecule has 2 aromatic carbocycles. The summed E-state index contributed by atoms with van der Waals surface area (Å²) in [5.41, 5.74) is 0.914. The van der Waals surface area contributed by atoms with E-state index in [9.17, 15) is 14.0 Å². The van der Waals surface area contributed by atoms with Gasteiger partial charge in [-0.15, -0.1) is 0 Å². The predicted octanol–water partition coefficient (Wildman–Crippen LogP) is 5.02. The molecule has 2 aromatic rings. The van der Waals surface area contributed by atoms with Crippen LogP contribution in [-0.4, -0.2) is 23.6 Å². The standard InChI is InChI=1S/C22H24ClFN2O3/c1-13(14-8-6-5-7-9-14)26-19-11-15(23)10-17(24)16(19)12-18(20(26)27)25-21(28)29-22(2,3)4/h5-11,13,18H,12H2,1-4H3,(H,25,28)/t13-,18+/m0/s1. The van der Waals surface area contributed by atoms with Crippen molar-refractivity contribution in [1.29, 1.82) is 0 Å². The summed E-state index contributed by atoms with van der Waals surface area (Å²) in [6.07, 6.45) is -0.699. The molecule has 7 heteroatoms. The Morgan fingerprint density at radius 2 is 1.93 bits per heavy atom. The minimum absolute atomic E-state index is 0.0222. The third-order valence-corrected chi connectivity index (χ3v) is 4.92. The second-order valence-electron chi connectivity index (χ2n) is 8.08. The summed E-state index contributed by atoms with van der Waals surface area (Å²) in [7, 11) is 0. The lowest BCUT2D eigenvalue weighted by molar-refractivity contribution is -0.121.